The smallest absolute Gasteiger partial charge is 0.250 e. The van der Waals surface area contributed by atoms with Gasteiger partial charge in [0.15, 0.2) is 0 Å². The highest BCUT2D eigenvalue weighted by Crippen LogP contribution is 2.26. The molecule has 1 aliphatic rings. The molecule has 0 radical (unpaired) electrons. The number of ether oxygens (including phenoxy) is 1. The number of nitrogens with zero attached hydrogens (tertiary/aromatic N) is 1. The minimum Gasteiger partial charge on any atom is -0.380 e. The van der Waals surface area contributed by atoms with Crippen LogP contribution in [0.3, 0.4) is 0 Å². The van der Waals surface area contributed by atoms with Gasteiger partial charge in [-0.3, -0.25) is 4.79 Å². The molecular formula is C14H22N2O2. The van der Waals surface area contributed by atoms with E-state index in [9.17, 15) is 4.79 Å². The molecule has 0 amide bonds. The maximum atomic E-state index is 11.9. The van der Waals surface area contributed by atoms with E-state index in [1.165, 1.54) is 0 Å². The number of pyridine rings is 1. The lowest BCUT2D eigenvalue weighted by Crippen LogP contribution is -2.30. The summed E-state index contributed by atoms with van der Waals surface area (Å²) in [6, 6.07) is 3.60. The van der Waals surface area contributed by atoms with Crippen molar-refractivity contribution in [2.24, 2.45) is 5.73 Å². The summed E-state index contributed by atoms with van der Waals surface area (Å²) in [7, 11) is 0. The van der Waals surface area contributed by atoms with Crippen LogP contribution in [0, 0.1) is 0 Å². The minimum atomic E-state index is 0.0583. The topological polar surface area (TPSA) is 57.2 Å². The maximum Gasteiger partial charge on any atom is 0.250 e. The van der Waals surface area contributed by atoms with Gasteiger partial charge in [0, 0.05) is 31.0 Å². The van der Waals surface area contributed by atoms with Crippen molar-refractivity contribution in [3.05, 3.63) is 33.7 Å². The fourth-order valence-electron chi connectivity index (χ4n) is 2.55. The first-order valence-corrected chi connectivity index (χ1v) is 6.80. The summed E-state index contributed by atoms with van der Waals surface area (Å²) < 4.78 is 7.31. The molecule has 1 aliphatic carbocycles. The van der Waals surface area contributed by atoms with Crippen molar-refractivity contribution in [2.45, 2.75) is 45.2 Å². The Morgan fingerprint density at radius 1 is 1.44 bits per heavy atom. The van der Waals surface area contributed by atoms with E-state index in [1.807, 2.05) is 10.6 Å². The summed E-state index contributed by atoms with van der Waals surface area (Å²) in [5.74, 6) is 0. The minimum absolute atomic E-state index is 0.0583. The molecule has 0 saturated carbocycles. The van der Waals surface area contributed by atoms with Crippen molar-refractivity contribution in [3.63, 3.8) is 0 Å². The maximum absolute atomic E-state index is 11.9. The second-order valence-corrected chi connectivity index (χ2v) is 4.84. The van der Waals surface area contributed by atoms with E-state index in [0.717, 1.165) is 43.5 Å². The third-order valence-electron chi connectivity index (χ3n) is 3.47. The van der Waals surface area contributed by atoms with Crippen molar-refractivity contribution >= 4 is 0 Å². The predicted molar refractivity (Wildman–Crippen MR) is 71.7 cm³/mol. The average Bonchev–Trinajstić information content (AvgIpc) is 2.37. The van der Waals surface area contributed by atoms with Crippen LogP contribution in [0.25, 0.3) is 0 Å². The van der Waals surface area contributed by atoms with Crippen molar-refractivity contribution < 1.29 is 4.74 Å². The van der Waals surface area contributed by atoms with Gasteiger partial charge in [-0.15, -0.1) is 0 Å². The Labute approximate surface area is 108 Å². The fourth-order valence-corrected chi connectivity index (χ4v) is 2.55. The zero-order valence-corrected chi connectivity index (χ0v) is 11.0. The third kappa shape index (κ3) is 2.82. The highest BCUT2D eigenvalue weighted by Gasteiger charge is 2.19. The monoisotopic (exact) mass is 250 g/mol. The van der Waals surface area contributed by atoms with E-state index in [1.54, 1.807) is 6.07 Å². The largest absolute Gasteiger partial charge is 0.380 e. The van der Waals surface area contributed by atoms with E-state index in [2.05, 4.69) is 6.92 Å². The molecule has 2 rings (SSSR count). The lowest BCUT2D eigenvalue weighted by atomic mass is 9.91. The van der Waals surface area contributed by atoms with Gasteiger partial charge in [-0.2, -0.15) is 0 Å². The first-order valence-electron chi connectivity index (χ1n) is 6.80. The molecule has 1 atom stereocenters. The van der Waals surface area contributed by atoms with Crippen LogP contribution in [0.5, 0.6) is 0 Å². The van der Waals surface area contributed by atoms with Crippen LogP contribution < -0.4 is 11.3 Å². The van der Waals surface area contributed by atoms with Crippen molar-refractivity contribution in [1.29, 1.82) is 0 Å². The quantitative estimate of drug-likeness (QED) is 0.808. The summed E-state index contributed by atoms with van der Waals surface area (Å²) >= 11 is 0. The van der Waals surface area contributed by atoms with Gasteiger partial charge in [0.1, 0.15) is 0 Å². The van der Waals surface area contributed by atoms with Gasteiger partial charge >= 0.3 is 0 Å². The molecule has 0 spiro atoms. The SMILES string of the molecule is CCCOCCn1c2c(ccc1=O)C(N)CCC2. The van der Waals surface area contributed by atoms with Gasteiger partial charge in [-0.1, -0.05) is 13.0 Å². The molecule has 0 bridgehead atoms. The van der Waals surface area contributed by atoms with Crippen LogP contribution in [0.1, 0.15) is 43.5 Å². The fraction of sp³-hybridized carbons (Fsp3) is 0.643. The molecule has 0 aliphatic heterocycles. The molecule has 1 unspecified atom stereocenters. The molecule has 0 aromatic carbocycles. The molecule has 100 valence electrons. The summed E-state index contributed by atoms with van der Waals surface area (Å²) in [5.41, 5.74) is 8.40. The van der Waals surface area contributed by atoms with Gasteiger partial charge in [-0.25, -0.2) is 0 Å². The number of aromatic nitrogens is 1. The second kappa shape index (κ2) is 6.16. The van der Waals surface area contributed by atoms with Crippen molar-refractivity contribution in [3.8, 4) is 0 Å². The highest BCUT2D eigenvalue weighted by atomic mass is 16.5. The van der Waals surface area contributed by atoms with E-state index in [0.29, 0.717) is 13.2 Å². The summed E-state index contributed by atoms with van der Waals surface area (Å²) in [6.45, 7) is 4.06. The molecule has 4 nitrogen and oxygen atoms in total. The number of rotatable bonds is 5. The van der Waals surface area contributed by atoms with Crippen LogP contribution in [0.15, 0.2) is 16.9 Å². The van der Waals surface area contributed by atoms with Crippen molar-refractivity contribution in [2.75, 3.05) is 13.2 Å². The van der Waals surface area contributed by atoms with E-state index in [4.69, 9.17) is 10.5 Å². The van der Waals surface area contributed by atoms with E-state index < -0.39 is 0 Å². The van der Waals surface area contributed by atoms with Gasteiger partial charge < -0.3 is 15.0 Å². The Balaban J connectivity index is 2.18. The molecule has 1 heterocycles. The van der Waals surface area contributed by atoms with E-state index in [-0.39, 0.29) is 11.6 Å². The molecule has 18 heavy (non-hydrogen) atoms. The third-order valence-corrected chi connectivity index (χ3v) is 3.47. The zero-order chi connectivity index (χ0) is 13.0. The molecule has 0 saturated heterocycles. The van der Waals surface area contributed by atoms with Crippen LogP contribution in [0.2, 0.25) is 0 Å². The van der Waals surface area contributed by atoms with Gasteiger partial charge in [0.25, 0.3) is 5.56 Å². The Hall–Kier alpha value is -1.13. The van der Waals surface area contributed by atoms with Gasteiger partial charge in [0.2, 0.25) is 0 Å². The van der Waals surface area contributed by atoms with Gasteiger partial charge in [0.05, 0.1) is 6.61 Å². The van der Waals surface area contributed by atoms with E-state index >= 15 is 0 Å². The first-order chi connectivity index (χ1) is 8.74. The Kier molecular flexibility index (Phi) is 4.55. The standard InChI is InChI=1S/C14H22N2O2/c1-2-9-18-10-8-16-13-5-3-4-12(15)11(13)6-7-14(16)17/h6-7,12H,2-5,8-10,15H2,1H3. The number of nitrogens with two attached hydrogens (primary N) is 1. The molecule has 2 N–H and O–H groups in total. The van der Waals surface area contributed by atoms with Crippen LogP contribution in [-0.4, -0.2) is 17.8 Å². The Morgan fingerprint density at radius 3 is 3.06 bits per heavy atom. The Bertz CT molecular complexity index is 454. The summed E-state index contributed by atoms with van der Waals surface area (Å²) in [5, 5.41) is 0. The van der Waals surface area contributed by atoms with Crippen LogP contribution in [-0.2, 0) is 17.7 Å². The first kappa shape index (κ1) is 13.3. The number of hydrogen-bond donors (Lipinski definition) is 1. The summed E-state index contributed by atoms with van der Waals surface area (Å²) in [4.78, 5) is 11.9. The highest BCUT2D eigenvalue weighted by molar-refractivity contribution is 5.27. The second-order valence-electron chi connectivity index (χ2n) is 4.84. The summed E-state index contributed by atoms with van der Waals surface area (Å²) in [6.07, 6.45) is 4.03. The number of fused-ring (bicyclic) bond motifs is 1. The lowest BCUT2D eigenvalue weighted by molar-refractivity contribution is 0.125. The molecule has 4 heteroatoms. The molecule has 1 aromatic heterocycles. The molecule has 1 aromatic rings. The van der Waals surface area contributed by atoms with Gasteiger partial charge in [-0.05, 0) is 31.2 Å². The molecular weight excluding hydrogens is 228 g/mol. The average molecular weight is 250 g/mol. The van der Waals surface area contributed by atoms with Crippen LogP contribution in [0.4, 0.5) is 0 Å². The lowest BCUT2D eigenvalue weighted by Gasteiger charge is -2.25. The van der Waals surface area contributed by atoms with Crippen molar-refractivity contribution in [1.82, 2.24) is 4.57 Å². The predicted octanol–water partition coefficient (Wildman–Crippen LogP) is 1.61. The Morgan fingerprint density at radius 2 is 2.28 bits per heavy atom. The number of hydrogen-bond acceptors (Lipinski definition) is 3. The van der Waals surface area contributed by atoms with Crippen LogP contribution >= 0.6 is 0 Å². The normalized spacial score (nSPS) is 18.7. The molecule has 0 fully saturated rings. The zero-order valence-electron chi connectivity index (χ0n) is 11.0.